The van der Waals surface area contributed by atoms with E-state index in [9.17, 15) is 13.2 Å². The monoisotopic (exact) mass is 328 g/mol. The van der Waals surface area contributed by atoms with Gasteiger partial charge in [-0.1, -0.05) is 23.7 Å². The number of amides is 1. The minimum absolute atomic E-state index is 0.155. The Bertz CT molecular complexity index is 641. The maximum atomic E-state index is 12.3. The lowest BCUT2D eigenvalue weighted by Gasteiger charge is -2.29. The third-order valence-electron chi connectivity index (χ3n) is 3.45. The van der Waals surface area contributed by atoms with E-state index in [1.807, 2.05) is 0 Å². The molecule has 0 saturated carbocycles. The van der Waals surface area contributed by atoms with Crippen molar-refractivity contribution in [1.29, 1.82) is 0 Å². The van der Waals surface area contributed by atoms with Crippen molar-refractivity contribution in [3.05, 3.63) is 40.3 Å². The zero-order valence-corrected chi connectivity index (χ0v) is 13.0. The summed E-state index contributed by atoms with van der Waals surface area (Å²) in [6.07, 6.45) is 2.80. The highest BCUT2D eigenvalue weighted by atomic mass is 35.5. The van der Waals surface area contributed by atoms with E-state index in [1.54, 1.807) is 24.3 Å². The Hall–Kier alpha value is -1.37. The Balaban J connectivity index is 2.10. The lowest BCUT2D eigenvalue weighted by Crippen LogP contribution is -2.43. The number of nitrogens with two attached hydrogens (primary N) is 1. The van der Waals surface area contributed by atoms with E-state index >= 15 is 0 Å². The standard InChI is InChI=1S/C14H17ClN2O3S/c15-13-5-3-11(4-6-13)7-9-21(19,20)17-8-1-2-12(10-17)14(16)18/h3-7,9,12H,1-2,8,10H2,(H2,16,18). The highest BCUT2D eigenvalue weighted by Crippen LogP contribution is 2.20. The molecular formula is C14H17ClN2O3S. The van der Waals surface area contributed by atoms with Crippen molar-refractivity contribution < 1.29 is 13.2 Å². The van der Waals surface area contributed by atoms with E-state index in [-0.39, 0.29) is 6.54 Å². The first-order chi connectivity index (χ1) is 9.88. The van der Waals surface area contributed by atoms with E-state index < -0.39 is 21.8 Å². The molecule has 1 aromatic carbocycles. The third-order valence-corrected chi connectivity index (χ3v) is 5.23. The van der Waals surface area contributed by atoms with Crippen molar-refractivity contribution in [2.24, 2.45) is 11.7 Å². The molecule has 0 radical (unpaired) electrons. The molecule has 7 heteroatoms. The van der Waals surface area contributed by atoms with Gasteiger partial charge in [0, 0.05) is 23.5 Å². The first-order valence-corrected chi connectivity index (χ1v) is 8.50. The molecule has 1 amide bonds. The number of nitrogens with zero attached hydrogens (tertiary/aromatic N) is 1. The van der Waals surface area contributed by atoms with Crippen LogP contribution >= 0.6 is 11.6 Å². The molecule has 2 N–H and O–H groups in total. The first kappa shape index (κ1) is 16.0. The molecule has 0 aliphatic carbocycles. The second-order valence-corrected chi connectivity index (χ2v) is 7.25. The van der Waals surface area contributed by atoms with Crippen molar-refractivity contribution in [2.45, 2.75) is 12.8 Å². The van der Waals surface area contributed by atoms with Crippen molar-refractivity contribution >= 4 is 33.6 Å². The minimum Gasteiger partial charge on any atom is -0.369 e. The lowest BCUT2D eigenvalue weighted by atomic mass is 9.99. The number of piperidine rings is 1. The molecule has 5 nitrogen and oxygen atoms in total. The van der Waals surface area contributed by atoms with Crippen LogP contribution in [0.5, 0.6) is 0 Å². The normalized spacial score (nSPS) is 20.7. The second kappa shape index (κ2) is 6.60. The quantitative estimate of drug-likeness (QED) is 0.915. The van der Waals surface area contributed by atoms with E-state index in [0.717, 1.165) is 11.0 Å². The largest absolute Gasteiger partial charge is 0.369 e. The number of hydrogen-bond donors (Lipinski definition) is 1. The van der Waals surface area contributed by atoms with Crippen LogP contribution in [0.15, 0.2) is 29.7 Å². The zero-order valence-electron chi connectivity index (χ0n) is 11.4. The van der Waals surface area contributed by atoms with Gasteiger partial charge < -0.3 is 5.73 Å². The van der Waals surface area contributed by atoms with Gasteiger partial charge in [0.05, 0.1) is 5.92 Å². The SMILES string of the molecule is NC(=O)C1CCCN(S(=O)(=O)C=Cc2ccc(Cl)cc2)C1. The molecule has 1 aliphatic heterocycles. The molecule has 0 spiro atoms. The second-order valence-electron chi connectivity index (χ2n) is 5.00. The van der Waals surface area contributed by atoms with Crippen molar-refractivity contribution in [3.8, 4) is 0 Å². The summed E-state index contributed by atoms with van der Waals surface area (Å²) >= 11 is 5.77. The number of halogens is 1. The Kier molecular flexibility index (Phi) is 5.03. The third kappa shape index (κ3) is 4.30. The van der Waals surface area contributed by atoms with Gasteiger partial charge >= 0.3 is 0 Å². The molecule has 0 aromatic heterocycles. The van der Waals surface area contributed by atoms with Gasteiger partial charge in [0.2, 0.25) is 15.9 Å². The van der Waals surface area contributed by atoms with E-state index in [0.29, 0.717) is 24.4 Å². The number of rotatable bonds is 4. The number of sulfonamides is 1. The van der Waals surface area contributed by atoms with E-state index in [2.05, 4.69) is 0 Å². The van der Waals surface area contributed by atoms with Gasteiger partial charge in [-0.15, -0.1) is 0 Å². The fourth-order valence-corrected chi connectivity index (χ4v) is 3.63. The Morgan fingerprint density at radius 1 is 1.33 bits per heavy atom. The molecular weight excluding hydrogens is 312 g/mol. The van der Waals surface area contributed by atoms with Crippen LogP contribution in [0.3, 0.4) is 0 Å². The van der Waals surface area contributed by atoms with Crippen molar-refractivity contribution in [2.75, 3.05) is 13.1 Å². The molecule has 1 saturated heterocycles. The van der Waals surface area contributed by atoms with E-state index in [1.165, 1.54) is 10.4 Å². The summed E-state index contributed by atoms with van der Waals surface area (Å²) in [7, 11) is -3.55. The van der Waals surface area contributed by atoms with Crippen LogP contribution in [0.4, 0.5) is 0 Å². The average molecular weight is 329 g/mol. The van der Waals surface area contributed by atoms with E-state index in [4.69, 9.17) is 17.3 Å². The number of carbonyl (C=O) groups excluding carboxylic acids is 1. The predicted octanol–water partition coefficient (Wildman–Crippen LogP) is 1.84. The summed E-state index contributed by atoms with van der Waals surface area (Å²) in [6.45, 7) is 0.569. The number of carbonyl (C=O) groups is 1. The summed E-state index contributed by atoms with van der Waals surface area (Å²) < 4.78 is 25.8. The van der Waals surface area contributed by atoms with Gasteiger partial charge in [-0.2, -0.15) is 4.31 Å². The van der Waals surface area contributed by atoms with Crippen LogP contribution in [0.2, 0.25) is 5.02 Å². The van der Waals surface area contributed by atoms with Crippen LogP contribution in [0.25, 0.3) is 6.08 Å². The van der Waals surface area contributed by atoms with Crippen LogP contribution in [-0.4, -0.2) is 31.7 Å². The Morgan fingerprint density at radius 2 is 2.00 bits per heavy atom. The fraction of sp³-hybridized carbons (Fsp3) is 0.357. The molecule has 1 unspecified atom stereocenters. The maximum Gasteiger partial charge on any atom is 0.236 e. The number of benzene rings is 1. The summed E-state index contributed by atoms with van der Waals surface area (Å²) in [5.74, 6) is -0.853. The highest BCUT2D eigenvalue weighted by Gasteiger charge is 2.29. The van der Waals surface area contributed by atoms with Gasteiger partial charge in [-0.25, -0.2) is 8.42 Å². The Labute approximate surface area is 129 Å². The summed E-state index contributed by atoms with van der Waals surface area (Å²) in [5, 5.41) is 1.75. The van der Waals surface area contributed by atoms with Crippen LogP contribution in [-0.2, 0) is 14.8 Å². The van der Waals surface area contributed by atoms with Crippen molar-refractivity contribution in [3.63, 3.8) is 0 Å². The summed E-state index contributed by atoms with van der Waals surface area (Å²) in [4.78, 5) is 11.2. The molecule has 1 atom stereocenters. The van der Waals surface area contributed by atoms with Gasteiger partial charge in [-0.3, -0.25) is 4.79 Å². The Morgan fingerprint density at radius 3 is 2.62 bits per heavy atom. The minimum atomic E-state index is -3.55. The summed E-state index contributed by atoms with van der Waals surface area (Å²) in [5.41, 5.74) is 6.00. The topological polar surface area (TPSA) is 80.5 Å². The average Bonchev–Trinajstić information content (AvgIpc) is 2.47. The molecule has 21 heavy (non-hydrogen) atoms. The highest BCUT2D eigenvalue weighted by molar-refractivity contribution is 7.92. The lowest BCUT2D eigenvalue weighted by molar-refractivity contribution is -0.122. The number of primary amides is 1. The van der Waals surface area contributed by atoms with Gasteiger partial charge in [-0.05, 0) is 36.6 Å². The van der Waals surface area contributed by atoms with Crippen LogP contribution < -0.4 is 5.73 Å². The first-order valence-electron chi connectivity index (χ1n) is 6.61. The van der Waals surface area contributed by atoms with Gasteiger partial charge in [0.25, 0.3) is 0 Å². The zero-order chi connectivity index (χ0) is 15.5. The van der Waals surface area contributed by atoms with Crippen molar-refractivity contribution in [1.82, 2.24) is 4.31 Å². The van der Waals surface area contributed by atoms with Gasteiger partial charge in [0.15, 0.2) is 0 Å². The fourth-order valence-electron chi connectivity index (χ4n) is 2.23. The molecule has 1 aliphatic rings. The smallest absolute Gasteiger partial charge is 0.236 e. The van der Waals surface area contributed by atoms with Crippen LogP contribution in [0.1, 0.15) is 18.4 Å². The molecule has 1 heterocycles. The molecule has 2 rings (SSSR count). The number of hydrogen-bond acceptors (Lipinski definition) is 3. The predicted molar refractivity (Wildman–Crippen MR) is 82.9 cm³/mol. The molecule has 114 valence electrons. The maximum absolute atomic E-state index is 12.3. The molecule has 0 bridgehead atoms. The van der Waals surface area contributed by atoms with Gasteiger partial charge in [0.1, 0.15) is 0 Å². The summed E-state index contributed by atoms with van der Waals surface area (Å²) in [6, 6.07) is 6.85. The van der Waals surface area contributed by atoms with Crippen LogP contribution in [0, 0.1) is 5.92 Å². The molecule has 1 fully saturated rings. The molecule has 1 aromatic rings.